The molecule has 0 aliphatic carbocycles. The summed E-state index contributed by atoms with van der Waals surface area (Å²) in [5, 5.41) is 4.62. The van der Waals surface area contributed by atoms with Gasteiger partial charge in [0.15, 0.2) is 17.5 Å². The molecular weight excluding hydrogens is 625 g/mol. The van der Waals surface area contributed by atoms with E-state index in [1.807, 2.05) is 72.8 Å². The lowest BCUT2D eigenvalue weighted by Gasteiger charge is -2.16. The highest BCUT2D eigenvalue weighted by atomic mass is 16.3. The second-order valence-corrected chi connectivity index (χ2v) is 12.9. The van der Waals surface area contributed by atoms with Gasteiger partial charge in [-0.1, -0.05) is 127 Å². The van der Waals surface area contributed by atoms with Gasteiger partial charge in [-0.2, -0.15) is 0 Å². The fourth-order valence-corrected chi connectivity index (χ4v) is 7.39. The Morgan fingerprint density at radius 3 is 1.78 bits per heavy atom. The van der Waals surface area contributed by atoms with Crippen molar-refractivity contribution in [1.82, 2.24) is 19.5 Å². The molecule has 0 fully saturated rings. The average molecular weight is 655 g/mol. The van der Waals surface area contributed by atoms with E-state index in [2.05, 4.69) is 102 Å². The quantitative estimate of drug-likeness (QED) is 0.185. The third-order valence-electron chi connectivity index (χ3n) is 9.70. The Hall–Kier alpha value is -6.85. The molecule has 0 amide bonds. The van der Waals surface area contributed by atoms with Crippen LogP contribution < -0.4 is 0 Å². The first-order chi connectivity index (χ1) is 25.2. The minimum atomic E-state index is 0.622. The predicted molar refractivity (Wildman–Crippen MR) is 208 cm³/mol. The maximum absolute atomic E-state index is 6.35. The summed E-state index contributed by atoms with van der Waals surface area (Å²) in [6, 6.07) is 56.8. The zero-order valence-electron chi connectivity index (χ0n) is 27.8. The van der Waals surface area contributed by atoms with Crippen molar-refractivity contribution in [2.75, 3.05) is 0 Å². The lowest BCUT2D eigenvalue weighted by Crippen LogP contribution is -2.02. The van der Waals surface area contributed by atoms with E-state index in [0.29, 0.717) is 17.5 Å². The zero-order chi connectivity index (χ0) is 33.9. The van der Waals surface area contributed by atoms with Crippen LogP contribution in [-0.4, -0.2) is 19.5 Å². The van der Waals surface area contributed by atoms with Crippen molar-refractivity contribution in [1.29, 1.82) is 0 Å². The van der Waals surface area contributed by atoms with E-state index < -0.39 is 0 Å². The molecule has 0 atom stereocenters. The molecule has 0 N–H and O–H groups in total. The van der Waals surface area contributed by atoms with Crippen molar-refractivity contribution >= 4 is 43.7 Å². The van der Waals surface area contributed by atoms with E-state index in [4.69, 9.17) is 19.4 Å². The Morgan fingerprint density at radius 2 is 1.06 bits per heavy atom. The minimum absolute atomic E-state index is 0.622. The number of hydrogen-bond acceptors (Lipinski definition) is 4. The largest absolute Gasteiger partial charge is 0.456 e. The number of rotatable bonds is 5. The summed E-state index contributed by atoms with van der Waals surface area (Å²) in [6.07, 6.45) is 0. The molecule has 0 bridgehead atoms. The normalized spacial score (nSPS) is 11.6. The van der Waals surface area contributed by atoms with Gasteiger partial charge in [-0.25, -0.2) is 15.0 Å². The van der Waals surface area contributed by atoms with Gasteiger partial charge >= 0.3 is 0 Å². The first-order valence-electron chi connectivity index (χ1n) is 17.1. The van der Waals surface area contributed by atoms with Gasteiger partial charge in [0.1, 0.15) is 11.2 Å². The number of nitrogens with zero attached hydrogens (tertiary/aromatic N) is 4. The first kappa shape index (κ1) is 29.1. The third-order valence-corrected chi connectivity index (χ3v) is 9.70. The Balaban J connectivity index is 1.26. The zero-order valence-corrected chi connectivity index (χ0v) is 27.8. The molecule has 0 aliphatic heterocycles. The number of fused-ring (bicyclic) bond motifs is 7. The molecule has 10 aromatic rings. The third kappa shape index (κ3) is 4.82. The fraction of sp³-hybridized carbons (Fsp3) is 0.0217. The summed E-state index contributed by atoms with van der Waals surface area (Å²) in [5.41, 5.74) is 11.3. The Morgan fingerprint density at radius 1 is 0.431 bits per heavy atom. The van der Waals surface area contributed by atoms with Crippen molar-refractivity contribution in [3.63, 3.8) is 0 Å². The molecular formula is C46H30N4O. The number of benzene rings is 7. The SMILES string of the molecule is Cc1cccc(-c2cc(-c3nc(-c4ccccc4)nc(-c4ccccc4)n3)ccc2-n2c3ccccc3c3c4c(ccc32)oc2ccccc24)c1. The second kappa shape index (κ2) is 11.6. The van der Waals surface area contributed by atoms with E-state index in [9.17, 15) is 0 Å². The predicted octanol–water partition coefficient (Wildman–Crippen LogP) is 11.8. The topological polar surface area (TPSA) is 56.7 Å². The molecule has 240 valence electrons. The van der Waals surface area contributed by atoms with Crippen LogP contribution in [0.5, 0.6) is 0 Å². The summed E-state index contributed by atoms with van der Waals surface area (Å²) in [4.78, 5) is 15.0. The number of furan rings is 1. The molecule has 3 heterocycles. The van der Waals surface area contributed by atoms with Gasteiger partial charge in [0, 0.05) is 43.8 Å². The van der Waals surface area contributed by atoms with Gasteiger partial charge < -0.3 is 8.98 Å². The van der Waals surface area contributed by atoms with Crippen molar-refractivity contribution in [3.8, 4) is 51.0 Å². The average Bonchev–Trinajstić information content (AvgIpc) is 3.74. The summed E-state index contributed by atoms with van der Waals surface area (Å²) >= 11 is 0. The maximum atomic E-state index is 6.35. The highest BCUT2D eigenvalue weighted by Crippen LogP contribution is 2.43. The van der Waals surface area contributed by atoms with Crippen molar-refractivity contribution < 1.29 is 4.42 Å². The van der Waals surface area contributed by atoms with Crippen LogP contribution in [0.25, 0.3) is 94.7 Å². The van der Waals surface area contributed by atoms with E-state index in [1.165, 1.54) is 16.3 Å². The second-order valence-electron chi connectivity index (χ2n) is 12.9. The Labute approximate surface area is 294 Å². The number of aryl methyl sites for hydroxylation is 1. The molecule has 5 heteroatoms. The van der Waals surface area contributed by atoms with Gasteiger partial charge in [0.25, 0.3) is 0 Å². The smallest absolute Gasteiger partial charge is 0.164 e. The maximum Gasteiger partial charge on any atom is 0.164 e. The van der Waals surface area contributed by atoms with Gasteiger partial charge in [-0.3, -0.25) is 0 Å². The molecule has 0 saturated carbocycles. The molecule has 5 nitrogen and oxygen atoms in total. The summed E-state index contributed by atoms with van der Waals surface area (Å²) < 4.78 is 8.74. The van der Waals surface area contributed by atoms with Gasteiger partial charge in [-0.05, 0) is 55.0 Å². The highest BCUT2D eigenvalue weighted by Gasteiger charge is 2.21. The van der Waals surface area contributed by atoms with E-state index in [0.717, 1.165) is 66.5 Å². The summed E-state index contributed by atoms with van der Waals surface area (Å²) in [7, 11) is 0. The van der Waals surface area contributed by atoms with Crippen LogP contribution in [0.1, 0.15) is 5.56 Å². The molecule has 0 spiro atoms. The van der Waals surface area contributed by atoms with Crippen LogP contribution >= 0.6 is 0 Å². The van der Waals surface area contributed by atoms with Crippen LogP contribution in [-0.2, 0) is 0 Å². The Kier molecular flexibility index (Phi) is 6.64. The van der Waals surface area contributed by atoms with Crippen LogP contribution in [0.3, 0.4) is 0 Å². The lowest BCUT2D eigenvalue weighted by molar-refractivity contribution is 0.669. The number of aromatic nitrogens is 4. The molecule has 0 aliphatic rings. The van der Waals surface area contributed by atoms with Gasteiger partial charge in [0.2, 0.25) is 0 Å². The van der Waals surface area contributed by atoms with Crippen molar-refractivity contribution in [3.05, 3.63) is 169 Å². The first-order valence-corrected chi connectivity index (χ1v) is 17.1. The monoisotopic (exact) mass is 654 g/mol. The molecule has 10 rings (SSSR count). The van der Waals surface area contributed by atoms with E-state index in [1.54, 1.807) is 0 Å². The molecule has 3 aromatic heterocycles. The molecule has 51 heavy (non-hydrogen) atoms. The van der Waals surface area contributed by atoms with Gasteiger partial charge in [0.05, 0.1) is 16.7 Å². The minimum Gasteiger partial charge on any atom is -0.456 e. The fourth-order valence-electron chi connectivity index (χ4n) is 7.39. The highest BCUT2D eigenvalue weighted by molar-refractivity contribution is 6.27. The van der Waals surface area contributed by atoms with E-state index in [-0.39, 0.29) is 0 Å². The van der Waals surface area contributed by atoms with Crippen LogP contribution in [0, 0.1) is 6.92 Å². The van der Waals surface area contributed by atoms with Crippen LogP contribution in [0.4, 0.5) is 0 Å². The molecule has 0 saturated heterocycles. The standard InChI is InChI=1S/C46H30N4O/c1-29-13-12-18-32(27-29)36-28-33(46-48-44(30-14-4-2-5-15-30)47-45(49-46)31-16-6-3-7-17-31)23-24-38(36)50-37-21-10-8-19-34(37)42-39(50)25-26-41-43(42)35-20-9-11-22-40(35)51-41/h2-28H,1H3. The number of hydrogen-bond donors (Lipinski definition) is 0. The molecule has 7 aromatic carbocycles. The van der Waals surface area contributed by atoms with Crippen LogP contribution in [0.2, 0.25) is 0 Å². The Bertz CT molecular complexity index is 2870. The van der Waals surface area contributed by atoms with Gasteiger partial charge in [-0.15, -0.1) is 0 Å². The molecule has 0 radical (unpaired) electrons. The lowest BCUT2D eigenvalue weighted by atomic mass is 9.98. The molecule has 0 unspecified atom stereocenters. The summed E-state index contributed by atoms with van der Waals surface area (Å²) in [6.45, 7) is 2.14. The number of para-hydroxylation sites is 2. The van der Waals surface area contributed by atoms with Crippen molar-refractivity contribution in [2.24, 2.45) is 0 Å². The summed E-state index contributed by atoms with van der Waals surface area (Å²) in [5.74, 6) is 1.90. The van der Waals surface area contributed by atoms with Crippen LogP contribution in [0.15, 0.2) is 168 Å². The van der Waals surface area contributed by atoms with E-state index >= 15 is 0 Å². The van der Waals surface area contributed by atoms with Crippen molar-refractivity contribution in [2.45, 2.75) is 6.92 Å².